The van der Waals surface area contributed by atoms with Gasteiger partial charge in [0.25, 0.3) is 0 Å². The molecule has 2 aliphatic rings. The summed E-state index contributed by atoms with van der Waals surface area (Å²) in [6.07, 6.45) is 1.08. The molecule has 2 aromatic carbocycles. The first-order valence-electron chi connectivity index (χ1n) is 7.73. The van der Waals surface area contributed by atoms with Crippen LogP contribution in [0.5, 0.6) is 11.5 Å². The molecule has 22 heavy (non-hydrogen) atoms. The lowest BCUT2D eigenvalue weighted by Crippen LogP contribution is -2.50. The van der Waals surface area contributed by atoms with Gasteiger partial charge in [-0.25, -0.2) is 0 Å². The molecule has 1 saturated heterocycles. The minimum absolute atomic E-state index is 0.0726. The second kappa shape index (κ2) is 5.18. The third-order valence-corrected chi connectivity index (χ3v) is 5.11. The number of para-hydroxylation sites is 1. The highest BCUT2D eigenvalue weighted by Gasteiger charge is 2.39. The number of nitrogens with zero attached hydrogens (tertiary/aromatic N) is 1. The molecule has 3 nitrogen and oxygen atoms in total. The van der Waals surface area contributed by atoms with E-state index in [9.17, 15) is 0 Å². The molecule has 1 fully saturated rings. The van der Waals surface area contributed by atoms with Gasteiger partial charge >= 0.3 is 0 Å². The van der Waals surface area contributed by atoms with Crippen LogP contribution in [0.3, 0.4) is 0 Å². The lowest BCUT2D eigenvalue weighted by molar-refractivity contribution is 0.312. The van der Waals surface area contributed by atoms with Crippen LogP contribution in [0.1, 0.15) is 24.9 Å². The number of nitrogens with two attached hydrogens (primary N) is 1. The molecule has 0 amide bonds. The third-order valence-electron chi connectivity index (χ3n) is 4.87. The van der Waals surface area contributed by atoms with E-state index in [1.165, 1.54) is 0 Å². The fraction of sp³-hybridized carbons (Fsp3) is 0.333. The maximum Gasteiger partial charge on any atom is 0.150 e. The van der Waals surface area contributed by atoms with Gasteiger partial charge in [-0.1, -0.05) is 36.7 Å². The van der Waals surface area contributed by atoms with Gasteiger partial charge in [-0.15, -0.1) is 0 Å². The standard InChI is InChI=1S/C18H19ClN2O/c1-11-8-9-21-14-10-12(19)6-7-16(14)22-15-5-3-2-4-13(15)18(21)17(11)20/h2-7,10-11,17-18H,8-9,20H2,1H3. The number of anilines is 1. The normalized spacial score (nSPS) is 26.3. The quantitative estimate of drug-likeness (QED) is 0.785. The summed E-state index contributed by atoms with van der Waals surface area (Å²) in [7, 11) is 0. The summed E-state index contributed by atoms with van der Waals surface area (Å²) in [6, 6.07) is 14.2. The SMILES string of the molecule is CC1CCN2c3cc(Cl)ccc3Oc3ccccc3C2C1N. The molecule has 0 aliphatic carbocycles. The van der Waals surface area contributed by atoms with Crippen LogP contribution in [0.4, 0.5) is 5.69 Å². The van der Waals surface area contributed by atoms with E-state index >= 15 is 0 Å². The Kier molecular flexibility index (Phi) is 3.28. The molecule has 0 radical (unpaired) electrons. The predicted octanol–water partition coefficient (Wildman–Crippen LogP) is 4.36. The average molecular weight is 315 g/mol. The van der Waals surface area contributed by atoms with Crippen molar-refractivity contribution in [3.8, 4) is 11.5 Å². The predicted molar refractivity (Wildman–Crippen MR) is 89.8 cm³/mol. The summed E-state index contributed by atoms with van der Waals surface area (Å²) in [4.78, 5) is 2.36. The molecule has 2 N–H and O–H groups in total. The number of fused-ring (bicyclic) bond motifs is 5. The summed E-state index contributed by atoms with van der Waals surface area (Å²) in [5.41, 5.74) is 8.78. The van der Waals surface area contributed by atoms with Crippen LogP contribution in [-0.2, 0) is 0 Å². The van der Waals surface area contributed by atoms with Gasteiger partial charge in [0.05, 0.1) is 11.7 Å². The van der Waals surface area contributed by atoms with Crippen molar-refractivity contribution < 1.29 is 4.74 Å². The molecule has 2 heterocycles. The molecule has 4 rings (SSSR count). The first-order valence-corrected chi connectivity index (χ1v) is 8.11. The summed E-state index contributed by atoms with van der Waals surface area (Å²) in [5.74, 6) is 2.22. The van der Waals surface area contributed by atoms with Crippen LogP contribution in [0.15, 0.2) is 42.5 Å². The van der Waals surface area contributed by atoms with Gasteiger partial charge in [0.15, 0.2) is 5.75 Å². The number of hydrogen-bond acceptors (Lipinski definition) is 3. The first-order chi connectivity index (χ1) is 10.6. The van der Waals surface area contributed by atoms with E-state index in [-0.39, 0.29) is 12.1 Å². The van der Waals surface area contributed by atoms with Crippen molar-refractivity contribution >= 4 is 17.3 Å². The summed E-state index contributed by atoms with van der Waals surface area (Å²) >= 11 is 6.22. The molecular formula is C18H19ClN2O. The third kappa shape index (κ3) is 2.08. The molecule has 0 bridgehead atoms. The fourth-order valence-electron chi connectivity index (χ4n) is 3.58. The molecule has 3 unspecified atom stereocenters. The first kappa shape index (κ1) is 13.9. The van der Waals surface area contributed by atoms with Gasteiger partial charge in [-0.2, -0.15) is 0 Å². The van der Waals surface area contributed by atoms with Crippen molar-refractivity contribution in [2.75, 3.05) is 11.4 Å². The maximum absolute atomic E-state index is 6.58. The van der Waals surface area contributed by atoms with Crippen molar-refractivity contribution in [2.24, 2.45) is 11.7 Å². The number of hydrogen-bond donors (Lipinski definition) is 1. The maximum atomic E-state index is 6.58. The Morgan fingerprint density at radius 3 is 2.86 bits per heavy atom. The number of benzene rings is 2. The molecule has 114 valence electrons. The number of piperidine rings is 1. The molecule has 0 aromatic heterocycles. The summed E-state index contributed by atoms with van der Waals surface area (Å²) in [6.45, 7) is 3.19. The average Bonchev–Trinajstić information content (AvgIpc) is 2.65. The largest absolute Gasteiger partial charge is 0.455 e. The van der Waals surface area contributed by atoms with E-state index in [0.717, 1.165) is 40.7 Å². The van der Waals surface area contributed by atoms with E-state index < -0.39 is 0 Å². The monoisotopic (exact) mass is 314 g/mol. The summed E-state index contributed by atoms with van der Waals surface area (Å²) < 4.78 is 6.18. The van der Waals surface area contributed by atoms with Gasteiger partial charge in [0, 0.05) is 23.2 Å². The molecule has 4 heteroatoms. The minimum Gasteiger partial charge on any atom is -0.455 e. The van der Waals surface area contributed by atoms with Gasteiger partial charge in [-0.05, 0) is 36.6 Å². The van der Waals surface area contributed by atoms with E-state index in [1.807, 2.05) is 30.3 Å². The zero-order chi connectivity index (χ0) is 15.3. The zero-order valence-corrected chi connectivity index (χ0v) is 13.3. The highest BCUT2D eigenvalue weighted by atomic mass is 35.5. The van der Waals surface area contributed by atoms with Crippen molar-refractivity contribution in [2.45, 2.75) is 25.4 Å². The Morgan fingerprint density at radius 2 is 2.00 bits per heavy atom. The lowest BCUT2D eigenvalue weighted by Gasteiger charge is -2.43. The Bertz CT molecular complexity index is 718. The van der Waals surface area contributed by atoms with Crippen molar-refractivity contribution in [1.29, 1.82) is 0 Å². The minimum atomic E-state index is 0.0726. The fourth-order valence-corrected chi connectivity index (χ4v) is 3.74. The van der Waals surface area contributed by atoms with E-state index in [1.54, 1.807) is 0 Å². The highest BCUT2D eigenvalue weighted by Crippen LogP contribution is 2.48. The van der Waals surface area contributed by atoms with E-state index in [0.29, 0.717) is 5.92 Å². The molecular weight excluding hydrogens is 296 g/mol. The van der Waals surface area contributed by atoms with Crippen LogP contribution < -0.4 is 15.4 Å². The Hall–Kier alpha value is -1.71. The van der Waals surface area contributed by atoms with Crippen molar-refractivity contribution in [3.05, 3.63) is 53.1 Å². The van der Waals surface area contributed by atoms with E-state index in [2.05, 4.69) is 24.0 Å². The lowest BCUT2D eigenvalue weighted by atomic mass is 9.83. The van der Waals surface area contributed by atoms with Crippen LogP contribution in [-0.4, -0.2) is 12.6 Å². The Balaban J connectivity index is 1.94. The van der Waals surface area contributed by atoms with Gasteiger partial charge in [-0.3, -0.25) is 0 Å². The van der Waals surface area contributed by atoms with E-state index in [4.69, 9.17) is 22.1 Å². The number of ether oxygens (including phenoxy) is 1. The smallest absolute Gasteiger partial charge is 0.150 e. The Morgan fingerprint density at radius 1 is 1.18 bits per heavy atom. The topological polar surface area (TPSA) is 38.5 Å². The Labute approximate surface area is 135 Å². The van der Waals surface area contributed by atoms with Gasteiger partial charge in [0.1, 0.15) is 5.75 Å². The number of rotatable bonds is 0. The molecule has 0 saturated carbocycles. The van der Waals surface area contributed by atoms with Crippen LogP contribution in [0.2, 0.25) is 5.02 Å². The summed E-state index contributed by atoms with van der Waals surface area (Å²) in [5, 5.41) is 0.722. The van der Waals surface area contributed by atoms with Crippen molar-refractivity contribution in [3.63, 3.8) is 0 Å². The second-order valence-corrected chi connectivity index (χ2v) is 6.67. The molecule has 2 aromatic rings. The number of halogens is 1. The van der Waals surface area contributed by atoms with Crippen LogP contribution in [0, 0.1) is 5.92 Å². The second-order valence-electron chi connectivity index (χ2n) is 6.23. The molecule has 2 aliphatic heterocycles. The van der Waals surface area contributed by atoms with Crippen LogP contribution in [0.25, 0.3) is 0 Å². The zero-order valence-electron chi connectivity index (χ0n) is 12.5. The van der Waals surface area contributed by atoms with Gasteiger partial charge in [0.2, 0.25) is 0 Å². The van der Waals surface area contributed by atoms with Crippen molar-refractivity contribution in [1.82, 2.24) is 0 Å². The van der Waals surface area contributed by atoms with Crippen LogP contribution >= 0.6 is 11.6 Å². The highest BCUT2D eigenvalue weighted by molar-refractivity contribution is 6.31. The molecule has 0 spiro atoms. The van der Waals surface area contributed by atoms with Gasteiger partial charge < -0.3 is 15.4 Å². The molecule has 3 atom stereocenters.